The first kappa shape index (κ1) is 16.2. The van der Waals surface area contributed by atoms with Crippen LogP contribution in [-0.4, -0.2) is 40.7 Å². The molecule has 21 heavy (non-hydrogen) atoms. The predicted molar refractivity (Wildman–Crippen MR) is 84.6 cm³/mol. The van der Waals surface area contributed by atoms with Crippen molar-refractivity contribution in [3.63, 3.8) is 0 Å². The van der Waals surface area contributed by atoms with Crippen molar-refractivity contribution in [1.82, 2.24) is 15.2 Å². The molecule has 1 aromatic rings. The van der Waals surface area contributed by atoms with E-state index in [4.69, 9.17) is 4.74 Å². The molecule has 0 saturated carbocycles. The first-order valence-corrected chi connectivity index (χ1v) is 8.20. The van der Waals surface area contributed by atoms with Gasteiger partial charge in [-0.25, -0.2) is 9.78 Å². The summed E-state index contributed by atoms with van der Waals surface area (Å²) in [6.45, 7) is 12.0. The van der Waals surface area contributed by atoms with Crippen molar-refractivity contribution >= 4 is 17.4 Å². The van der Waals surface area contributed by atoms with Crippen LogP contribution in [0.25, 0.3) is 0 Å². The van der Waals surface area contributed by atoms with E-state index in [-0.39, 0.29) is 6.09 Å². The molecule has 0 spiro atoms. The molecule has 1 aliphatic rings. The van der Waals surface area contributed by atoms with Gasteiger partial charge in [0.1, 0.15) is 10.6 Å². The first-order valence-electron chi connectivity index (χ1n) is 7.39. The molecule has 1 fully saturated rings. The molecule has 1 amide bonds. The van der Waals surface area contributed by atoms with E-state index in [2.05, 4.69) is 17.2 Å². The fourth-order valence-electron chi connectivity index (χ4n) is 2.27. The molecule has 118 valence electrons. The SMILES string of the molecule is Cc1nc(CNC2CCN(C(=O)OC(C)(C)C)C2)sc1C. The normalized spacial score (nSPS) is 19.1. The van der Waals surface area contributed by atoms with Gasteiger partial charge >= 0.3 is 6.09 Å². The third-order valence-electron chi connectivity index (χ3n) is 3.45. The maximum absolute atomic E-state index is 12.0. The van der Waals surface area contributed by atoms with Crippen molar-refractivity contribution < 1.29 is 9.53 Å². The second kappa shape index (κ2) is 6.32. The molecule has 1 atom stereocenters. The van der Waals surface area contributed by atoms with Crippen LogP contribution >= 0.6 is 11.3 Å². The van der Waals surface area contributed by atoms with E-state index in [0.29, 0.717) is 12.6 Å². The zero-order valence-corrected chi connectivity index (χ0v) is 14.3. The van der Waals surface area contributed by atoms with Gasteiger partial charge in [-0.2, -0.15) is 0 Å². The van der Waals surface area contributed by atoms with Crippen molar-refractivity contribution in [3.05, 3.63) is 15.6 Å². The van der Waals surface area contributed by atoms with Gasteiger partial charge in [-0.1, -0.05) is 0 Å². The van der Waals surface area contributed by atoms with E-state index < -0.39 is 5.60 Å². The highest BCUT2D eigenvalue weighted by Crippen LogP contribution is 2.18. The summed E-state index contributed by atoms with van der Waals surface area (Å²) >= 11 is 1.73. The average Bonchev–Trinajstić information content (AvgIpc) is 2.93. The number of ether oxygens (including phenoxy) is 1. The van der Waals surface area contributed by atoms with Gasteiger partial charge in [-0.3, -0.25) is 0 Å². The van der Waals surface area contributed by atoms with Crippen molar-refractivity contribution in [3.8, 4) is 0 Å². The molecule has 1 N–H and O–H groups in total. The fourth-order valence-corrected chi connectivity index (χ4v) is 3.15. The van der Waals surface area contributed by atoms with Crippen LogP contribution in [0.3, 0.4) is 0 Å². The maximum Gasteiger partial charge on any atom is 0.410 e. The Balaban J connectivity index is 1.79. The third-order valence-corrected chi connectivity index (χ3v) is 4.53. The Labute approximate surface area is 130 Å². The lowest BCUT2D eigenvalue weighted by atomic mass is 10.2. The van der Waals surface area contributed by atoms with Crippen molar-refractivity contribution in [2.75, 3.05) is 13.1 Å². The number of likely N-dealkylation sites (tertiary alicyclic amines) is 1. The Kier molecular flexibility index (Phi) is 4.88. The molecular weight excluding hydrogens is 286 g/mol. The number of aryl methyl sites for hydroxylation is 2. The number of carbonyl (C=O) groups is 1. The monoisotopic (exact) mass is 311 g/mol. The summed E-state index contributed by atoms with van der Waals surface area (Å²) in [7, 11) is 0. The molecule has 1 aromatic heterocycles. The molecule has 0 aliphatic carbocycles. The molecule has 6 heteroatoms. The fraction of sp³-hybridized carbons (Fsp3) is 0.733. The number of nitrogens with zero attached hydrogens (tertiary/aromatic N) is 2. The van der Waals surface area contributed by atoms with Gasteiger partial charge in [-0.15, -0.1) is 11.3 Å². The van der Waals surface area contributed by atoms with Crippen LogP contribution < -0.4 is 5.32 Å². The topological polar surface area (TPSA) is 54.5 Å². The number of thiazole rings is 1. The minimum atomic E-state index is -0.432. The number of rotatable bonds is 3. The Hall–Kier alpha value is -1.14. The van der Waals surface area contributed by atoms with Gasteiger partial charge in [0.2, 0.25) is 0 Å². The number of aromatic nitrogens is 1. The number of amides is 1. The first-order chi connectivity index (χ1) is 9.74. The third kappa shape index (κ3) is 4.68. The highest BCUT2D eigenvalue weighted by Gasteiger charge is 2.29. The van der Waals surface area contributed by atoms with E-state index in [0.717, 1.165) is 30.2 Å². The number of hydrogen-bond donors (Lipinski definition) is 1. The van der Waals surface area contributed by atoms with Crippen LogP contribution in [0.15, 0.2) is 0 Å². The summed E-state index contributed by atoms with van der Waals surface area (Å²) < 4.78 is 5.40. The second-order valence-electron chi connectivity index (χ2n) is 6.54. The summed E-state index contributed by atoms with van der Waals surface area (Å²) in [6.07, 6.45) is 0.746. The minimum absolute atomic E-state index is 0.215. The van der Waals surface area contributed by atoms with E-state index >= 15 is 0 Å². The summed E-state index contributed by atoms with van der Waals surface area (Å²) in [5, 5.41) is 4.60. The molecule has 0 aromatic carbocycles. The lowest BCUT2D eigenvalue weighted by Gasteiger charge is -2.24. The van der Waals surface area contributed by atoms with Crippen molar-refractivity contribution in [2.45, 2.75) is 59.2 Å². The molecule has 5 nitrogen and oxygen atoms in total. The highest BCUT2D eigenvalue weighted by molar-refractivity contribution is 7.11. The van der Waals surface area contributed by atoms with Gasteiger partial charge in [0.15, 0.2) is 0 Å². The standard InChI is InChI=1S/C15H25N3O2S/c1-10-11(2)21-13(17-10)8-16-12-6-7-18(9-12)14(19)20-15(3,4)5/h12,16H,6-9H2,1-5H3. The number of hydrogen-bond acceptors (Lipinski definition) is 5. The van der Waals surface area contributed by atoms with Gasteiger partial charge in [0.05, 0.1) is 5.69 Å². The molecule has 0 radical (unpaired) electrons. The van der Waals surface area contributed by atoms with Gasteiger partial charge in [0, 0.05) is 30.6 Å². The van der Waals surface area contributed by atoms with Crippen LogP contribution in [0.1, 0.15) is 42.8 Å². The zero-order valence-electron chi connectivity index (χ0n) is 13.5. The van der Waals surface area contributed by atoms with Crippen LogP contribution in [0.5, 0.6) is 0 Å². The molecule has 1 saturated heterocycles. The quantitative estimate of drug-likeness (QED) is 0.932. The van der Waals surface area contributed by atoms with E-state index in [1.165, 1.54) is 4.88 Å². The molecular formula is C15H25N3O2S. The lowest BCUT2D eigenvalue weighted by molar-refractivity contribution is 0.0291. The van der Waals surface area contributed by atoms with Gasteiger partial charge < -0.3 is 15.0 Å². The Morgan fingerprint density at radius 2 is 2.19 bits per heavy atom. The van der Waals surface area contributed by atoms with E-state index in [9.17, 15) is 4.79 Å². The van der Waals surface area contributed by atoms with Crippen LogP contribution in [-0.2, 0) is 11.3 Å². The molecule has 0 bridgehead atoms. The number of nitrogens with one attached hydrogen (secondary N) is 1. The Bertz CT molecular complexity index is 488. The van der Waals surface area contributed by atoms with Gasteiger partial charge in [-0.05, 0) is 41.0 Å². The molecule has 2 heterocycles. The maximum atomic E-state index is 12.0. The molecule has 1 unspecified atom stereocenters. The van der Waals surface area contributed by atoms with E-state index in [1.807, 2.05) is 27.7 Å². The van der Waals surface area contributed by atoms with Crippen LogP contribution in [0.4, 0.5) is 4.79 Å². The Morgan fingerprint density at radius 1 is 1.48 bits per heavy atom. The number of carbonyl (C=O) groups excluding carboxylic acids is 1. The summed E-state index contributed by atoms with van der Waals surface area (Å²) in [5.74, 6) is 0. The summed E-state index contributed by atoms with van der Waals surface area (Å²) in [4.78, 5) is 19.6. The van der Waals surface area contributed by atoms with Crippen LogP contribution in [0.2, 0.25) is 0 Å². The highest BCUT2D eigenvalue weighted by atomic mass is 32.1. The summed E-state index contributed by atoms with van der Waals surface area (Å²) in [5.41, 5.74) is 0.678. The minimum Gasteiger partial charge on any atom is -0.444 e. The van der Waals surface area contributed by atoms with Crippen LogP contribution in [0, 0.1) is 13.8 Å². The van der Waals surface area contributed by atoms with Crippen molar-refractivity contribution in [2.24, 2.45) is 0 Å². The summed E-state index contributed by atoms with van der Waals surface area (Å²) in [6, 6.07) is 0.321. The van der Waals surface area contributed by atoms with Crippen molar-refractivity contribution in [1.29, 1.82) is 0 Å². The predicted octanol–water partition coefficient (Wildman–Crippen LogP) is 2.86. The molecule has 2 rings (SSSR count). The smallest absolute Gasteiger partial charge is 0.410 e. The Morgan fingerprint density at radius 3 is 2.76 bits per heavy atom. The van der Waals surface area contributed by atoms with E-state index in [1.54, 1.807) is 16.2 Å². The van der Waals surface area contributed by atoms with Gasteiger partial charge in [0.25, 0.3) is 0 Å². The zero-order chi connectivity index (χ0) is 15.6. The molecule has 1 aliphatic heterocycles. The largest absolute Gasteiger partial charge is 0.444 e. The average molecular weight is 311 g/mol. The lowest BCUT2D eigenvalue weighted by Crippen LogP contribution is -2.38. The second-order valence-corrected chi connectivity index (χ2v) is 7.83.